The van der Waals surface area contributed by atoms with Crippen molar-refractivity contribution in [2.24, 2.45) is 12.8 Å². The Morgan fingerprint density at radius 2 is 2.10 bits per heavy atom. The molecule has 0 spiro atoms. The highest BCUT2D eigenvalue weighted by Crippen LogP contribution is 2.35. The molecule has 0 saturated heterocycles. The number of para-hydroxylation sites is 1. The van der Waals surface area contributed by atoms with E-state index in [1.54, 1.807) is 28.8 Å². The highest BCUT2D eigenvalue weighted by Gasteiger charge is 2.13. The van der Waals surface area contributed by atoms with Gasteiger partial charge in [0.15, 0.2) is 0 Å². The first kappa shape index (κ1) is 12.7. The van der Waals surface area contributed by atoms with Gasteiger partial charge in [-0.3, -0.25) is 15.1 Å². The van der Waals surface area contributed by atoms with Crippen molar-refractivity contribution in [3.05, 3.63) is 48.4 Å². The van der Waals surface area contributed by atoms with Crippen molar-refractivity contribution in [2.75, 3.05) is 0 Å². The van der Waals surface area contributed by atoms with E-state index in [2.05, 4.69) is 10.1 Å². The fraction of sp³-hybridized carbons (Fsp3) is 0.0714. The number of nitrogens with two attached hydrogens (primary N) is 1. The average Bonchev–Trinajstić information content (AvgIpc) is 2.84. The summed E-state index contributed by atoms with van der Waals surface area (Å²) < 4.78 is 1.75. The second-order valence-corrected chi connectivity index (χ2v) is 5.47. The van der Waals surface area contributed by atoms with E-state index >= 15 is 0 Å². The van der Waals surface area contributed by atoms with E-state index in [9.17, 15) is 0 Å². The van der Waals surface area contributed by atoms with Crippen LogP contribution in [0.4, 0.5) is 0 Å². The third-order valence-corrected chi connectivity index (χ3v) is 4.01. The molecule has 0 amide bonds. The molecule has 0 saturated carbocycles. The first-order valence-corrected chi connectivity index (χ1v) is 6.85. The number of fused-ring (bicyclic) bond motifs is 1. The zero-order valence-corrected chi connectivity index (χ0v) is 11.7. The van der Waals surface area contributed by atoms with Crippen molar-refractivity contribution < 1.29 is 0 Å². The topological polar surface area (TPSA) is 80.6 Å². The number of nitrogens with one attached hydrogen (secondary N) is 1. The van der Waals surface area contributed by atoms with Crippen molar-refractivity contribution in [3.63, 3.8) is 0 Å². The number of nitrogen functional groups attached to an aromatic ring is 1. The lowest BCUT2D eigenvalue weighted by Gasteiger charge is -2.10. The number of rotatable bonds is 3. The zero-order valence-electron chi connectivity index (χ0n) is 10.9. The second kappa shape index (κ2) is 4.97. The molecule has 3 aromatic rings. The van der Waals surface area contributed by atoms with Gasteiger partial charge in [-0.25, -0.2) is 0 Å². The Hall–Kier alpha value is -2.34. The molecule has 2 aromatic heterocycles. The number of aromatic nitrogens is 3. The molecule has 0 aliphatic rings. The predicted molar refractivity (Wildman–Crippen MR) is 80.1 cm³/mol. The second-order valence-electron chi connectivity index (χ2n) is 4.38. The summed E-state index contributed by atoms with van der Waals surface area (Å²) >= 11 is 1.55. The molecule has 0 atom stereocenters. The van der Waals surface area contributed by atoms with Crippen LogP contribution in [0.1, 0.15) is 5.56 Å². The van der Waals surface area contributed by atoms with Crippen molar-refractivity contribution in [2.45, 2.75) is 9.79 Å². The number of hydrogen-bond acceptors (Lipinski definition) is 4. The molecule has 0 bridgehead atoms. The van der Waals surface area contributed by atoms with Gasteiger partial charge >= 0.3 is 0 Å². The van der Waals surface area contributed by atoms with Gasteiger partial charge in [0.25, 0.3) is 0 Å². The summed E-state index contributed by atoms with van der Waals surface area (Å²) in [6.45, 7) is 0. The largest absolute Gasteiger partial charge is 0.384 e. The van der Waals surface area contributed by atoms with Gasteiger partial charge in [0.05, 0.1) is 16.6 Å². The first-order chi connectivity index (χ1) is 9.65. The molecule has 20 heavy (non-hydrogen) atoms. The molecule has 0 unspecified atom stereocenters. The molecule has 3 rings (SSSR count). The summed E-state index contributed by atoms with van der Waals surface area (Å²) in [5.41, 5.74) is 7.22. The molecule has 2 heterocycles. The number of amidine groups is 1. The molecular weight excluding hydrogens is 270 g/mol. The zero-order chi connectivity index (χ0) is 14.1. The summed E-state index contributed by atoms with van der Waals surface area (Å²) in [5.74, 6) is 0.0228. The highest BCUT2D eigenvalue weighted by molar-refractivity contribution is 7.99. The molecule has 0 aliphatic carbocycles. The van der Waals surface area contributed by atoms with Crippen LogP contribution in [0.5, 0.6) is 0 Å². The number of aryl methyl sites for hydroxylation is 1. The first-order valence-electron chi connectivity index (χ1n) is 6.04. The van der Waals surface area contributed by atoms with E-state index in [0.29, 0.717) is 5.56 Å². The van der Waals surface area contributed by atoms with Crippen LogP contribution in [0, 0.1) is 5.41 Å². The quantitative estimate of drug-likeness (QED) is 0.571. The van der Waals surface area contributed by atoms with Gasteiger partial charge in [-0.2, -0.15) is 5.10 Å². The van der Waals surface area contributed by atoms with Gasteiger partial charge in [-0.05, 0) is 6.07 Å². The molecular formula is C14H13N5S. The molecule has 6 heteroatoms. The number of benzene rings is 1. The van der Waals surface area contributed by atoms with Crippen molar-refractivity contribution in [1.29, 1.82) is 5.41 Å². The summed E-state index contributed by atoms with van der Waals surface area (Å²) in [6, 6.07) is 7.85. The SMILES string of the molecule is Cn1cc(Sc2c(C(=N)N)cnc3ccccc23)cn1. The van der Waals surface area contributed by atoms with Gasteiger partial charge < -0.3 is 5.73 Å². The van der Waals surface area contributed by atoms with E-state index in [1.165, 1.54) is 0 Å². The Morgan fingerprint density at radius 3 is 2.80 bits per heavy atom. The predicted octanol–water partition coefficient (Wildman–Crippen LogP) is 2.40. The maximum absolute atomic E-state index is 7.73. The van der Waals surface area contributed by atoms with Crippen LogP contribution in [-0.2, 0) is 7.05 Å². The van der Waals surface area contributed by atoms with E-state index in [1.807, 2.05) is 37.5 Å². The third-order valence-electron chi connectivity index (χ3n) is 2.92. The van der Waals surface area contributed by atoms with Gasteiger partial charge in [-0.15, -0.1) is 0 Å². The van der Waals surface area contributed by atoms with Gasteiger partial charge in [0.2, 0.25) is 0 Å². The molecule has 5 nitrogen and oxygen atoms in total. The Balaban J connectivity index is 2.19. The maximum atomic E-state index is 7.73. The highest BCUT2D eigenvalue weighted by atomic mass is 32.2. The summed E-state index contributed by atoms with van der Waals surface area (Å²) in [5, 5.41) is 12.9. The molecule has 3 N–H and O–H groups in total. The molecule has 100 valence electrons. The minimum Gasteiger partial charge on any atom is -0.384 e. The minimum absolute atomic E-state index is 0.0228. The Bertz CT molecular complexity index is 793. The summed E-state index contributed by atoms with van der Waals surface area (Å²) in [4.78, 5) is 6.30. The molecule has 1 aromatic carbocycles. The van der Waals surface area contributed by atoms with Crippen LogP contribution >= 0.6 is 11.8 Å². The van der Waals surface area contributed by atoms with Crippen LogP contribution in [-0.4, -0.2) is 20.6 Å². The third kappa shape index (κ3) is 2.25. The molecule has 0 aliphatic heterocycles. The van der Waals surface area contributed by atoms with Crippen molar-refractivity contribution >= 4 is 28.5 Å². The van der Waals surface area contributed by atoms with Crippen molar-refractivity contribution in [3.8, 4) is 0 Å². The van der Waals surface area contributed by atoms with Gasteiger partial charge in [0, 0.05) is 35.3 Å². The Labute approximate surface area is 120 Å². The molecule has 0 fully saturated rings. The lowest BCUT2D eigenvalue weighted by atomic mass is 10.1. The summed E-state index contributed by atoms with van der Waals surface area (Å²) in [7, 11) is 1.88. The van der Waals surface area contributed by atoms with Gasteiger partial charge in [0.1, 0.15) is 5.84 Å². The fourth-order valence-electron chi connectivity index (χ4n) is 1.99. The van der Waals surface area contributed by atoms with E-state index in [-0.39, 0.29) is 5.84 Å². The minimum atomic E-state index is 0.0228. The number of nitrogens with zero attached hydrogens (tertiary/aromatic N) is 3. The average molecular weight is 283 g/mol. The smallest absolute Gasteiger partial charge is 0.125 e. The lowest BCUT2D eigenvalue weighted by Crippen LogP contribution is -2.13. The van der Waals surface area contributed by atoms with Crippen LogP contribution in [0.25, 0.3) is 10.9 Å². The van der Waals surface area contributed by atoms with Crippen LogP contribution in [0.3, 0.4) is 0 Å². The van der Waals surface area contributed by atoms with Crippen LogP contribution in [0.15, 0.2) is 52.6 Å². The summed E-state index contributed by atoms with van der Waals surface area (Å²) in [6.07, 6.45) is 5.39. The van der Waals surface area contributed by atoms with Crippen LogP contribution in [0.2, 0.25) is 0 Å². The standard InChI is InChI=1S/C14H13N5S/c1-19-8-9(6-18-19)20-13-10-4-2-3-5-12(10)17-7-11(13)14(15)16/h2-8H,1H3,(H3,15,16). The maximum Gasteiger partial charge on any atom is 0.125 e. The van der Waals surface area contributed by atoms with E-state index in [0.717, 1.165) is 20.7 Å². The fourth-order valence-corrected chi connectivity index (χ4v) is 3.08. The Kier molecular flexibility index (Phi) is 3.15. The monoisotopic (exact) mass is 283 g/mol. The molecule has 0 radical (unpaired) electrons. The normalized spacial score (nSPS) is 10.8. The van der Waals surface area contributed by atoms with Crippen LogP contribution < -0.4 is 5.73 Å². The van der Waals surface area contributed by atoms with E-state index < -0.39 is 0 Å². The number of pyridine rings is 1. The van der Waals surface area contributed by atoms with Crippen molar-refractivity contribution in [1.82, 2.24) is 14.8 Å². The van der Waals surface area contributed by atoms with E-state index in [4.69, 9.17) is 11.1 Å². The van der Waals surface area contributed by atoms with Gasteiger partial charge in [-0.1, -0.05) is 30.0 Å². The Morgan fingerprint density at radius 1 is 1.30 bits per heavy atom. The number of hydrogen-bond donors (Lipinski definition) is 2. The lowest BCUT2D eigenvalue weighted by molar-refractivity contribution is 0.766.